The fourth-order valence-corrected chi connectivity index (χ4v) is 1.50. The predicted octanol–water partition coefficient (Wildman–Crippen LogP) is 1.55. The van der Waals surface area contributed by atoms with Crippen molar-refractivity contribution < 1.29 is 4.74 Å². The van der Waals surface area contributed by atoms with Gasteiger partial charge in [-0.15, -0.1) is 0 Å². The van der Waals surface area contributed by atoms with Crippen molar-refractivity contribution in [2.45, 2.75) is 0 Å². The molecule has 0 aliphatic heterocycles. The molecular formula is C11H11NO2. The van der Waals surface area contributed by atoms with Crippen LogP contribution in [-0.2, 0) is 7.05 Å². The van der Waals surface area contributed by atoms with Crippen molar-refractivity contribution in [2.24, 2.45) is 7.05 Å². The fraction of sp³-hybridized carbons (Fsp3) is 0.182. The summed E-state index contributed by atoms with van der Waals surface area (Å²) in [4.78, 5) is 11.5. The molecule has 0 aliphatic carbocycles. The van der Waals surface area contributed by atoms with Crippen molar-refractivity contribution in [3.63, 3.8) is 0 Å². The lowest BCUT2D eigenvalue weighted by molar-refractivity contribution is 0.415. The monoisotopic (exact) mass is 189 g/mol. The average Bonchev–Trinajstić information content (AvgIpc) is 2.23. The number of hydrogen-bond acceptors (Lipinski definition) is 2. The molecule has 1 aromatic carbocycles. The first-order chi connectivity index (χ1) is 6.72. The summed E-state index contributed by atoms with van der Waals surface area (Å²) in [7, 11) is 3.50. The molecule has 1 heterocycles. The molecule has 0 unspecified atom stereocenters. The van der Waals surface area contributed by atoms with Crippen LogP contribution in [0.5, 0.6) is 5.75 Å². The molecule has 0 N–H and O–H groups in total. The molecule has 1 aromatic heterocycles. The van der Waals surface area contributed by atoms with Gasteiger partial charge in [0.1, 0.15) is 5.75 Å². The maximum Gasteiger partial charge on any atom is 0.189 e. The highest BCUT2D eigenvalue weighted by molar-refractivity contribution is 5.80. The lowest BCUT2D eigenvalue weighted by atomic mass is 10.2. The molecule has 0 spiro atoms. The molecule has 72 valence electrons. The number of aryl methyl sites for hydroxylation is 1. The Morgan fingerprint density at radius 2 is 2.07 bits per heavy atom. The number of benzene rings is 1. The zero-order chi connectivity index (χ0) is 10.1. The number of fused-ring (bicyclic) bond motifs is 1. The van der Waals surface area contributed by atoms with Gasteiger partial charge in [-0.2, -0.15) is 0 Å². The smallest absolute Gasteiger partial charge is 0.189 e. The number of hydrogen-bond donors (Lipinski definition) is 0. The summed E-state index contributed by atoms with van der Waals surface area (Å²) >= 11 is 0. The van der Waals surface area contributed by atoms with E-state index < -0.39 is 0 Å². The number of methoxy groups -OCH3 is 1. The van der Waals surface area contributed by atoms with Gasteiger partial charge in [-0.05, 0) is 18.2 Å². The molecule has 0 aliphatic rings. The Morgan fingerprint density at radius 1 is 1.29 bits per heavy atom. The Morgan fingerprint density at radius 3 is 2.79 bits per heavy atom. The first kappa shape index (κ1) is 8.81. The van der Waals surface area contributed by atoms with Crippen molar-refractivity contribution in [3.8, 4) is 5.75 Å². The molecule has 2 rings (SSSR count). The van der Waals surface area contributed by atoms with Crippen LogP contribution >= 0.6 is 0 Å². The van der Waals surface area contributed by atoms with Crippen molar-refractivity contribution in [1.82, 2.24) is 4.57 Å². The zero-order valence-corrected chi connectivity index (χ0v) is 8.15. The maximum atomic E-state index is 11.5. The van der Waals surface area contributed by atoms with Gasteiger partial charge in [-0.3, -0.25) is 4.79 Å². The first-order valence-corrected chi connectivity index (χ1v) is 4.36. The lowest BCUT2D eigenvalue weighted by Crippen LogP contribution is -2.04. The van der Waals surface area contributed by atoms with E-state index in [2.05, 4.69) is 0 Å². The summed E-state index contributed by atoms with van der Waals surface area (Å²) in [6.07, 6.45) is 1.76. The molecule has 3 heteroatoms. The van der Waals surface area contributed by atoms with Crippen LogP contribution in [0.1, 0.15) is 0 Å². The average molecular weight is 189 g/mol. The molecule has 0 saturated carbocycles. The van der Waals surface area contributed by atoms with Crippen molar-refractivity contribution in [1.29, 1.82) is 0 Å². The first-order valence-electron chi connectivity index (χ1n) is 4.36. The van der Waals surface area contributed by atoms with Crippen LogP contribution in [0.3, 0.4) is 0 Å². The third-order valence-corrected chi connectivity index (χ3v) is 2.30. The van der Waals surface area contributed by atoms with Crippen molar-refractivity contribution in [2.75, 3.05) is 7.11 Å². The third kappa shape index (κ3) is 1.27. The van der Waals surface area contributed by atoms with Gasteiger partial charge in [-0.25, -0.2) is 0 Å². The molecule has 3 nitrogen and oxygen atoms in total. The predicted molar refractivity (Wildman–Crippen MR) is 55.7 cm³/mol. The van der Waals surface area contributed by atoms with Gasteiger partial charge in [0.25, 0.3) is 0 Å². The molecular weight excluding hydrogens is 178 g/mol. The Kier molecular flexibility index (Phi) is 2.00. The van der Waals surface area contributed by atoms with Crippen molar-refractivity contribution >= 4 is 10.9 Å². The van der Waals surface area contributed by atoms with Gasteiger partial charge in [0.05, 0.1) is 12.6 Å². The molecule has 0 saturated heterocycles. The van der Waals surface area contributed by atoms with E-state index in [1.807, 2.05) is 23.7 Å². The van der Waals surface area contributed by atoms with E-state index >= 15 is 0 Å². The van der Waals surface area contributed by atoms with Gasteiger partial charge in [-0.1, -0.05) is 0 Å². The van der Waals surface area contributed by atoms with Crippen molar-refractivity contribution in [3.05, 3.63) is 40.7 Å². The normalized spacial score (nSPS) is 10.4. The Labute approximate surface area is 81.5 Å². The second-order valence-corrected chi connectivity index (χ2v) is 3.17. The molecule has 0 amide bonds. The van der Waals surface area contributed by atoms with Gasteiger partial charge < -0.3 is 9.30 Å². The topological polar surface area (TPSA) is 31.2 Å². The van der Waals surface area contributed by atoms with E-state index in [4.69, 9.17) is 4.74 Å². The number of ether oxygens (including phenoxy) is 1. The summed E-state index contributed by atoms with van der Waals surface area (Å²) in [6.45, 7) is 0. The SMILES string of the molecule is COc1ccc2c(c1)c(=O)ccn2C. The summed E-state index contributed by atoms with van der Waals surface area (Å²) in [5.41, 5.74) is 0.940. The minimum Gasteiger partial charge on any atom is -0.497 e. The number of pyridine rings is 1. The highest BCUT2D eigenvalue weighted by atomic mass is 16.5. The zero-order valence-electron chi connectivity index (χ0n) is 8.15. The fourth-order valence-electron chi connectivity index (χ4n) is 1.50. The molecule has 0 radical (unpaired) electrons. The van der Waals surface area contributed by atoms with Crippen LogP contribution in [0, 0.1) is 0 Å². The minimum absolute atomic E-state index is 0.0250. The highest BCUT2D eigenvalue weighted by Gasteiger charge is 2.01. The van der Waals surface area contributed by atoms with E-state index in [0.717, 1.165) is 5.52 Å². The number of nitrogens with zero attached hydrogens (tertiary/aromatic N) is 1. The maximum absolute atomic E-state index is 11.5. The summed E-state index contributed by atoms with van der Waals surface area (Å²) in [5, 5.41) is 0.689. The summed E-state index contributed by atoms with van der Waals surface area (Å²) in [5.74, 6) is 0.709. The Hall–Kier alpha value is -1.77. The largest absolute Gasteiger partial charge is 0.497 e. The van der Waals surface area contributed by atoms with Crippen LogP contribution in [0.15, 0.2) is 35.3 Å². The Bertz CT molecular complexity index is 528. The molecule has 0 bridgehead atoms. The third-order valence-electron chi connectivity index (χ3n) is 2.30. The van der Waals surface area contributed by atoms with Crippen LogP contribution in [0.25, 0.3) is 10.9 Å². The van der Waals surface area contributed by atoms with Crippen LogP contribution in [-0.4, -0.2) is 11.7 Å². The van der Waals surface area contributed by atoms with Crippen LogP contribution in [0.4, 0.5) is 0 Å². The van der Waals surface area contributed by atoms with Gasteiger partial charge >= 0.3 is 0 Å². The van der Waals surface area contributed by atoms with E-state index in [1.54, 1.807) is 25.4 Å². The standard InChI is InChI=1S/C11H11NO2/c1-12-6-5-11(13)9-7-8(14-2)3-4-10(9)12/h3-7H,1-2H3. The van der Waals surface area contributed by atoms with E-state index in [9.17, 15) is 4.79 Å². The van der Waals surface area contributed by atoms with E-state index in [0.29, 0.717) is 11.1 Å². The second-order valence-electron chi connectivity index (χ2n) is 3.17. The van der Waals surface area contributed by atoms with Crippen LogP contribution in [0.2, 0.25) is 0 Å². The number of aromatic nitrogens is 1. The molecule has 0 fully saturated rings. The lowest BCUT2D eigenvalue weighted by Gasteiger charge is -2.05. The van der Waals surface area contributed by atoms with Gasteiger partial charge in [0.2, 0.25) is 0 Å². The summed E-state index contributed by atoms with van der Waals surface area (Å²) in [6, 6.07) is 7.05. The quantitative estimate of drug-likeness (QED) is 0.681. The van der Waals surface area contributed by atoms with E-state index in [1.165, 1.54) is 0 Å². The molecule has 14 heavy (non-hydrogen) atoms. The van der Waals surface area contributed by atoms with Gasteiger partial charge in [0.15, 0.2) is 5.43 Å². The summed E-state index contributed by atoms with van der Waals surface area (Å²) < 4.78 is 6.98. The highest BCUT2D eigenvalue weighted by Crippen LogP contribution is 2.16. The van der Waals surface area contributed by atoms with Crippen LogP contribution < -0.4 is 10.2 Å². The minimum atomic E-state index is 0.0250. The van der Waals surface area contributed by atoms with Gasteiger partial charge in [0, 0.05) is 24.7 Å². The van der Waals surface area contributed by atoms with E-state index in [-0.39, 0.29) is 5.43 Å². The molecule has 0 atom stereocenters. The number of rotatable bonds is 1. The Balaban J connectivity index is 2.87. The second kappa shape index (κ2) is 3.18. The molecule has 2 aromatic rings.